The fourth-order valence-electron chi connectivity index (χ4n) is 1.72. The molecule has 1 aromatic rings. The van der Waals surface area contributed by atoms with E-state index in [-0.39, 0.29) is 18.4 Å². The SMILES string of the molecule is Cc1cc(OC(C)C(=O)NC(C)CCC(=O)O)ccc1Cl. The third kappa shape index (κ3) is 6.04. The zero-order chi connectivity index (χ0) is 16.0. The molecule has 0 bridgehead atoms. The lowest BCUT2D eigenvalue weighted by Crippen LogP contribution is -2.41. The first-order valence-electron chi connectivity index (χ1n) is 6.74. The number of aryl methyl sites for hydroxylation is 1. The molecule has 1 aromatic carbocycles. The first kappa shape index (κ1) is 17.3. The Morgan fingerprint density at radius 2 is 2.05 bits per heavy atom. The van der Waals surface area contributed by atoms with Crippen LogP contribution in [0.25, 0.3) is 0 Å². The number of carbonyl (C=O) groups is 2. The molecular formula is C15H20ClNO4. The fraction of sp³-hybridized carbons (Fsp3) is 0.467. The highest BCUT2D eigenvalue weighted by Gasteiger charge is 2.17. The number of carboxylic acid groups (broad SMARTS) is 1. The first-order valence-corrected chi connectivity index (χ1v) is 7.12. The number of aliphatic carboxylic acids is 1. The molecule has 1 rings (SSSR count). The normalized spacial score (nSPS) is 13.3. The minimum absolute atomic E-state index is 0.0209. The second-order valence-electron chi connectivity index (χ2n) is 5.01. The number of hydrogen-bond acceptors (Lipinski definition) is 3. The monoisotopic (exact) mass is 313 g/mol. The summed E-state index contributed by atoms with van der Waals surface area (Å²) in [6.07, 6.45) is -0.265. The van der Waals surface area contributed by atoms with Crippen LogP contribution < -0.4 is 10.1 Å². The van der Waals surface area contributed by atoms with Gasteiger partial charge in [0.1, 0.15) is 5.75 Å². The molecule has 21 heavy (non-hydrogen) atoms. The van der Waals surface area contributed by atoms with Crippen molar-refractivity contribution in [3.05, 3.63) is 28.8 Å². The van der Waals surface area contributed by atoms with Crippen LogP contribution in [0.1, 0.15) is 32.3 Å². The number of ether oxygens (including phenoxy) is 1. The molecule has 0 aliphatic carbocycles. The van der Waals surface area contributed by atoms with E-state index in [4.69, 9.17) is 21.4 Å². The molecule has 2 N–H and O–H groups in total. The van der Waals surface area contributed by atoms with Crippen LogP contribution in [0.15, 0.2) is 18.2 Å². The molecule has 5 nitrogen and oxygen atoms in total. The molecule has 6 heteroatoms. The van der Waals surface area contributed by atoms with Gasteiger partial charge >= 0.3 is 5.97 Å². The van der Waals surface area contributed by atoms with Crippen LogP contribution in [0.4, 0.5) is 0 Å². The summed E-state index contributed by atoms with van der Waals surface area (Å²) >= 11 is 5.93. The number of carboxylic acids is 1. The predicted molar refractivity (Wildman–Crippen MR) is 80.8 cm³/mol. The lowest BCUT2D eigenvalue weighted by molar-refractivity contribution is -0.137. The number of halogens is 1. The Hall–Kier alpha value is -1.75. The molecule has 0 aliphatic rings. The summed E-state index contributed by atoms with van der Waals surface area (Å²) in [5, 5.41) is 12.0. The average molecular weight is 314 g/mol. The quantitative estimate of drug-likeness (QED) is 0.811. The second-order valence-corrected chi connectivity index (χ2v) is 5.42. The predicted octanol–water partition coefficient (Wildman–Crippen LogP) is 2.79. The molecule has 0 radical (unpaired) electrons. The third-order valence-corrected chi connectivity index (χ3v) is 3.42. The Morgan fingerprint density at radius 3 is 2.62 bits per heavy atom. The zero-order valence-corrected chi connectivity index (χ0v) is 13.1. The highest BCUT2D eigenvalue weighted by atomic mass is 35.5. The van der Waals surface area contributed by atoms with Gasteiger partial charge in [0.2, 0.25) is 0 Å². The van der Waals surface area contributed by atoms with Crippen LogP contribution in [-0.2, 0) is 9.59 Å². The summed E-state index contributed by atoms with van der Waals surface area (Å²) in [6, 6.07) is 4.96. The van der Waals surface area contributed by atoms with E-state index in [1.54, 1.807) is 32.0 Å². The molecule has 1 amide bonds. The van der Waals surface area contributed by atoms with Gasteiger partial charge in [0.25, 0.3) is 5.91 Å². The van der Waals surface area contributed by atoms with Crippen LogP contribution >= 0.6 is 11.6 Å². The number of rotatable bonds is 7. The van der Waals surface area contributed by atoms with Gasteiger partial charge in [-0.3, -0.25) is 9.59 Å². The third-order valence-electron chi connectivity index (χ3n) is 2.99. The van der Waals surface area contributed by atoms with E-state index in [0.29, 0.717) is 17.2 Å². The van der Waals surface area contributed by atoms with E-state index in [1.165, 1.54) is 0 Å². The van der Waals surface area contributed by atoms with E-state index in [0.717, 1.165) is 5.56 Å². The van der Waals surface area contributed by atoms with Crippen LogP contribution in [0.2, 0.25) is 5.02 Å². The Bertz CT molecular complexity index is 518. The maximum absolute atomic E-state index is 11.9. The van der Waals surface area contributed by atoms with E-state index >= 15 is 0 Å². The van der Waals surface area contributed by atoms with E-state index < -0.39 is 12.1 Å². The molecule has 0 aliphatic heterocycles. The highest BCUT2D eigenvalue weighted by molar-refractivity contribution is 6.31. The molecule has 0 saturated carbocycles. The van der Waals surface area contributed by atoms with Crippen molar-refractivity contribution in [2.75, 3.05) is 0 Å². The number of hydrogen-bond donors (Lipinski definition) is 2. The summed E-state index contributed by atoms with van der Waals surface area (Å²) < 4.78 is 5.55. The molecule has 2 atom stereocenters. The van der Waals surface area contributed by atoms with Crippen LogP contribution in [-0.4, -0.2) is 29.1 Å². The standard InChI is InChI=1S/C15H20ClNO4/c1-9-8-12(5-6-13(9)16)21-11(3)15(20)17-10(2)4-7-14(18)19/h5-6,8,10-11H,4,7H2,1-3H3,(H,17,20)(H,18,19). The number of carbonyl (C=O) groups excluding carboxylic acids is 1. The van der Waals surface area contributed by atoms with Crippen molar-refractivity contribution >= 4 is 23.5 Å². The van der Waals surface area contributed by atoms with Crippen molar-refractivity contribution in [2.24, 2.45) is 0 Å². The van der Waals surface area contributed by atoms with Gasteiger partial charge in [-0.05, 0) is 51.0 Å². The zero-order valence-electron chi connectivity index (χ0n) is 12.4. The van der Waals surface area contributed by atoms with Gasteiger partial charge in [-0.15, -0.1) is 0 Å². The summed E-state index contributed by atoms with van der Waals surface area (Å²) in [7, 11) is 0. The number of amides is 1. The summed E-state index contributed by atoms with van der Waals surface area (Å²) in [6.45, 7) is 5.26. The number of nitrogens with one attached hydrogen (secondary N) is 1. The molecule has 116 valence electrons. The fourth-order valence-corrected chi connectivity index (χ4v) is 1.84. The van der Waals surface area contributed by atoms with Crippen molar-refractivity contribution in [2.45, 2.75) is 45.8 Å². The maximum Gasteiger partial charge on any atom is 0.303 e. The van der Waals surface area contributed by atoms with Crippen molar-refractivity contribution in [3.8, 4) is 5.75 Å². The summed E-state index contributed by atoms with van der Waals surface area (Å²) in [5.74, 6) is -0.588. The van der Waals surface area contributed by atoms with Gasteiger partial charge in [-0.2, -0.15) is 0 Å². The van der Waals surface area contributed by atoms with Gasteiger partial charge in [0, 0.05) is 17.5 Å². The van der Waals surface area contributed by atoms with Crippen molar-refractivity contribution in [1.82, 2.24) is 5.32 Å². The Kier molecular flexibility index (Phi) is 6.49. The Labute approximate surface area is 129 Å². The molecule has 0 heterocycles. The molecule has 2 unspecified atom stereocenters. The second kappa shape index (κ2) is 7.88. The van der Waals surface area contributed by atoms with E-state index in [1.807, 2.05) is 6.92 Å². The van der Waals surface area contributed by atoms with Crippen molar-refractivity contribution < 1.29 is 19.4 Å². The smallest absolute Gasteiger partial charge is 0.303 e. The van der Waals surface area contributed by atoms with Gasteiger partial charge in [0.15, 0.2) is 6.10 Å². The van der Waals surface area contributed by atoms with Gasteiger partial charge in [0.05, 0.1) is 0 Å². The molecule has 0 spiro atoms. The largest absolute Gasteiger partial charge is 0.481 e. The molecule has 0 saturated heterocycles. The average Bonchev–Trinajstić information content (AvgIpc) is 2.40. The first-order chi connectivity index (χ1) is 9.79. The minimum atomic E-state index is -0.878. The Balaban J connectivity index is 2.50. The van der Waals surface area contributed by atoms with Crippen LogP contribution in [0.3, 0.4) is 0 Å². The molecular weight excluding hydrogens is 294 g/mol. The van der Waals surface area contributed by atoms with Crippen LogP contribution in [0.5, 0.6) is 5.75 Å². The molecule has 0 fully saturated rings. The summed E-state index contributed by atoms with van der Waals surface area (Å²) in [4.78, 5) is 22.4. The maximum atomic E-state index is 11.9. The van der Waals surface area contributed by atoms with Gasteiger partial charge < -0.3 is 15.2 Å². The van der Waals surface area contributed by atoms with E-state index in [2.05, 4.69) is 5.32 Å². The van der Waals surface area contributed by atoms with Crippen molar-refractivity contribution in [1.29, 1.82) is 0 Å². The minimum Gasteiger partial charge on any atom is -0.481 e. The van der Waals surface area contributed by atoms with Gasteiger partial charge in [-0.25, -0.2) is 0 Å². The van der Waals surface area contributed by atoms with Crippen LogP contribution in [0, 0.1) is 6.92 Å². The summed E-state index contributed by atoms with van der Waals surface area (Å²) in [5.41, 5.74) is 0.872. The Morgan fingerprint density at radius 1 is 1.38 bits per heavy atom. The molecule has 0 aromatic heterocycles. The lowest BCUT2D eigenvalue weighted by atomic mass is 10.2. The lowest BCUT2D eigenvalue weighted by Gasteiger charge is -2.18. The van der Waals surface area contributed by atoms with Gasteiger partial charge in [-0.1, -0.05) is 11.6 Å². The topological polar surface area (TPSA) is 75.6 Å². The highest BCUT2D eigenvalue weighted by Crippen LogP contribution is 2.21. The van der Waals surface area contributed by atoms with E-state index in [9.17, 15) is 9.59 Å². The number of benzene rings is 1. The van der Waals surface area contributed by atoms with Crippen molar-refractivity contribution in [3.63, 3.8) is 0 Å².